The lowest BCUT2D eigenvalue weighted by molar-refractivity contribution is 0.112. The maximum atomic E-state index is 10.6. The Balaban J connectivity index is 2.12. The fourth-order valence-electron chi connectivity index (χ4n) is 1.72. The number of aldehydes is 1. The van der Waals surface area contributed by atoms with Crippen LogP contribution < -0.4 is 0 Å². The van der Waals surface area contributed by atoms with Crippen LogP contribution in [-0.2, 0) is 4.74 Å². The molecule has 1 aromatic rings. The van der Waals surface area contributed by atoms with Crippen molar-refractivity contribution < 1.29 is 9.53 Å². The fraction of sp³-hybridized carbons (Fsp3) is 0.417. The molecule has 2 rings (SSSR count). The largest absolute Gasteiger partial charge is 0.377 e. The van der Waals surface area contributed by atoms with Crippen LogP contribution in [0.25, 0.3) is 0 Å². The molecule has 0 aromatic heterocycles. The molecule has 2 unspecified atom stereocenters. The van der Waals surface area contributed by atoms with Crippen LogP contribution in [0.4, 0.5) is 0 Å². The van der Waals surface area contributed by atoms with Crippen LogP contribution in [0, 0.1) is 0 Å². The highest BCUT2D eigenvalue weighted by atomic mass is 79.9. The lowest BCUT2D eigenvalue weighted by Crippen LogP contribution is -2.13. The van der Waals surface area contributed by atoms with Crippen LogP contribution in [0.5, 0.6) is 0 Å². The lowest BCUT2D eigenvalue weighted by Gasteiger charge is -2.14. The van der Waals surface area contributed by atoms with Crippen molar-refractivity contribution in [3.63, 3.8) is 0 Å². The second kappa shape index (κ2) is 5.34. The third kappa shape index (κ3) is 2.67. The second-order valence-corrected chi connectivity index (χ2v) is 5.96. The predicted octanol–water partition coefficient (Wildman–Crippen LogP) is 3.53. The van der Waals surface area contributed by atoms with E-state index in [4.69, 9.17) is 4.74 Å². The molecule has 2 atom stereocenters. The number of halogens is 1. The molecule has 1 aromatic carbocycles. The van der Waals surface area contributed by atoms with E-state index >= 15 is 0 Å². The van der Waals surface area contributed by atoms with Gasteiger partial charge in [0.25, 0.3) is 0 Å². The summed E-state index contributed by atoms with van der Waals surface area (Å²) in [7, 11) is 0. The molecular weight excluding hydrogens is 288 g/mol. The molecule has 0 bridgehead atoms. The zero-order valence-electron chi connectivity index (χ0n) is 8.98. The minimum atomic E-state index is 0.308. The number of hydrogen-bond donors (Lipinski definition) is 0. The van der Waals surface area contributed by atoms with E-state index in [1.165, 1.54) is 4.90 Å². The van der Waals surface area contributed by atoms with Crippen LogP contribution in [0.15, 0.2) is 27.6 Å². The van der Waals surface area contributed by atoms with Crippen molar-refractivity contribution >= 4 is 34.0 Å². The monoisotopic (exact) mass is 300 g/mol. The van der Waals surface area contributed by atoms with Crippen LogP contribution in [0.2, 0.25) is 0 Å². The van der Waals surface area contributed by atoms with Gasteiger partial charge in [0.2, 0.25) is 0 Å². The van der Waals surface area contributed by atoms with Crippen molar-refractivity contribution in [1.82, 2.24) is 0 Å². The molecule has 0 spiro atoms. The van der Waals surface area contributed by atoms with E-state index in [9.17, 15) is 4.79 Å². The summed E-state index contributed by atoms with van der Waals surface area (Å²) in [5, 5.41) is 0.512. The number of benzene rings is 1. The van der Waals surface area contributed by atoms with Gasteiger partial charge in [-0.25, -0.2) is 0 Å². The zero-order valence-corrected chi connectivity index (χ0v) is 11.4. The first-order chi connectivity index (χ1) is 7.70. The summed E-state index contributed by atoms with van der Waals surface area (Å²) in [4.78, 5) is 11.8. The van der Waals surface area contributed by atoms with Crippen LogP contribution >= 0.6 is 27.7 Å². The van der Waals surface area contributed by atoms with E-state index in [2.05, 4.69) is 22.9 Å². The molecule has 86 valence electrons. The fourth-order valence-corrected chi connectivity index (χ4v) is 3.52. The normalized spacial score (nSPS) is 24.6. The third-order valence-electron chi connectivity index (χ3n) is 2.68. The molecule has 0 saturated carbocycles. The number of ether oxygens (including phenoxy) is 1. The Hall–Kier alpha value is -0.320. The number of carbonyl (C=O) groups is 1. The highest BCUT2D eigenvalue weighted by molar-refractivity contribution is 9.10. The molecule has 1 aliphatic heterocycles. The standard InChI is InChI=1S/C12H13BrO2S/c1-8-11(4-5-15-8)16-12-3-2-9(7-14)6-10(12)13/h2-3,6-8,11H,4-5H2,1H3. The van der Waals surface area contributed by atoms with Crippen molar-refractivity contribution in [1.29, 1.82) is 0 Å². The Labute approximate surface area is 108 Å². The minimum Gasteiger partial charge on any atom is -0.377 e. The molecule has 2 nitrogen and oxygen atoms in total. The van der Waals surface area contributed by atoms with Crippen molar-refractivity contribution in [2.45, 2.75) is 29.6 Å². The maximum absolute atomic E-state index is 10.6. The van der Waals surface area contributed by atoms with Crippen molar-refractivity contribution in [3.8, 4) is 0 Å². The van der Waals surface area contributed by atoms with Gasteiger partial charge in [-0.05, 0) is 41.4 Å². The molecular formula is C12H13BrO2S. The molecule has 1 aliphatic rings. The van der Waals surface area contributed by atoms with E-state index in [1.807, 2.05) is 30.0 Å². The topological polar surface area (TPSA) is 26.3 Å². The number of rotatable bonds is 3. The van der Waals surface area contributed by atoms with Crippen LogP contribution in [0.1, 0.15) is 23.7 Å². The van der Waals surface area contributed by atoms with Gasteiger partial charge in [0, 0.05) is 26.8 Å². The van der Waals surface area contributed by atoms with Gasteiger partial charge in [-0.3, -0.25) is 4.79 Å². The molecule has 16 heavy (non-hydrogen) atoms. The van der Waals surface area contributed by atoms with Gasteiger partial charge in [0.05, 0.1) is 6.10 Å². The Kier molecular flexibility index (Phi) is 4.05. The molecule has 1 saturated heterocycles. The Morgan fingerprint density at radius 3 is 2.94 bits per heavy atom. The van der Waals surface area contributed by atoms with E-state index < -0.39 is 0 Å². The quantitative estimate of drug-likeness (QED) is 0.799. The van der Waals surface area contributed by atoms with Gasteiger partial charge in [-0.1, -0.05) is 6.07 Å². The molecule has 4 heteroatoms. The van der Waals surface area contributed by atoms with Gasteiger partial charge in [0.15, 0.2) is 0 Å². The lowest BCUT2D eigenvalue weighted by atomic mass is 10.2. The average Bonchev–Trinajstić information content (AvgIpc) is 2.67. The summed E-state index contributed by atoms with van der Waals surface area (Å²) in [6, 6.07) is 5.69. The van der Waals surface area contributed by atoms with Crippen molar-refractivity contribution in [2.75, 3.05) is 6.61 Å². The summed E-state index contributed by atoms with van der Waals surface area (Å²) in [5.74, 6) is 0. The smallest absolute Gasteiger partial charge is 0.150 e. The minimum absolute atomic E-state index is 0.308. The van der Waals surface area contributed by atoms with E-state index in [0.717, 1.165) is 23.8 Å². The average molecular weight is 301 g/mol. The Morgan fingerprint density at radius 1 is 1.56 bits per heavy atom. The number of carbonyl (C=O) groups excluding carboxylic acids is 1. The molecule has 1 fully saturated rings. The van der Waals surface area contributed by atoms with E-state index in [1.54, 1.807) is 0 Å². The highest BCUT2D eigenvalue weighted by Gasteiger charge is 2.25. The third-order valence-corrected chi connectivity index (χ3v) is 5.13. The van der Waals surface area contributed by atoms with E-state index in [0.29, 0.717) is 16.9 Å². The van der Waals surface area contributed by atoms with Gasteiger partial charge in [-0.15, -0.1) is 11.8 Å². The number of thioether (sulfide) groups is 1. The van der Waals surface area contributed by atoms with Gasteiger partial charge >= 0.3 is 0 Å². The first kappa shape index (κ1) is 12.1. The summed E-state index contributed by atoms with van der Waals surface area (Å²) >= 11 is 5.31. The predicted molar refractivity (Wildman–Crippen MR) is 69.2 cm³/mol. The van der Waals surface area contributed by atoms with Crippen molar-refractivity contribution in [2.24, 2.45) is 0 Å². The Bertz CT molecular complexity index is 395. The highest BCUT2D eigenvalue weighted by Crippen LogP contribution is 2.36. The van der Waals surface area contributed by atoms with Crippen LogP contribution in [0.3, 0.4) is 0 Å². The molecule has 0 amide bonds. The maximum Gasteiger partial charge on any atom is 0.150 e. The molecule has 0 radical (unpaired) electrons. The van der Waals surface area contributed by atoms with E-state index in [-0.39, 0.29) is 0 Å². The number of hydrogen-bond acceptors (Lipinski definition) is 3. The summed E-state index contributed by atoms with van der Waals surface area (Å²) in [6.45, 7) is 2.96. The van der Waals surface area contributed by atoms with Gasteiger partial charge in [-0.2, -0.15) is 0 Å². The van der Waals surface area contributed by atoms with Gasteiger partial charge < -0.3 is 4.74 Å². The summed E-state index contributed by atoms with van der Waals surface area (Å²) < 4.78 is 6.52. The first-order valence-electron chi connectivity index (χ1n) is 5.23. The zero-order chi connectivity index (χ0) is 11.5. The summed E-state index contributed by atoms with van der Waals surface area (Å²) in [6.07, 6.45) is 2.26. The summed E-state index contributed by atoms with van der Waals surface area (Å²) in [5.41, 5.74) is 0.701. The first-order valence-corrected chi connectivity index (χ1v) is 6.91. The van der Waals surface area contributed by atoms with Gasteiger partial charge in [0.1, 0.15) is 6.29 Å². The molecule has 1 heterocycles. The molecule has 0 aliphatic carbocycles. The second-order valence-electron chi connectivity index (χ2n) is 3.83. The molecule has 0 N–H and O–H groups in total. The SMILES string of the molecule is CC1OCCC1Sc1ccc(C=O)cc1Br. The van der Waals surface area contributed by atoms with Crippen molar-refractivity contribution in [3.05, 3.63) is 28.2 Å². The Morgan fingerprint density at radius 2 is 2.38 bits per heavy atom. The van der Waals surface area contributed by atoms with Crippen LogP contribution in [-0.4, -0.2) is 24.2 Å².